The van der Waals surface area contributed by atoms with Gasteiger partial charge in [-0.25, -0.2) is 4.90 Å². The highest BCUT2D eigenvalue weighted by Gasteiger charge is 2.32. The van der Waals surface area contributed by atoms with Crippen LogP contribution in [0.15, 0.2) is 29.8 Å². The average molecular weight is 267 g/mol. The molecule has 1 aliphatic heterocycles. The van der Waals surface area contributed by atoms with Crippen LogP contribution in [0.25, 0.3) is 0 Å². The predicted molar refractivity (Wildman–Crippen MR) is 64.4 cm³/mol. The van der Waals surface area contributed by atoms with Gasteiger partial charge < -0.3 is 0 Å². The lowest BCUT2D eigenvalue weighted by molar-refractivity contribution is -0.384. The van der Waals surface area contributed by atoms with Gasteiger partial charge in [-0.1, -0.05) is 11.6 Å². The molecule has 2 rings (SSSR count). The molecule has 0 aromatic heterocycles. The van der Waals surface area contributed by atoms with Crippen molar-refractivity contribution >= 4 is 34.8 Å². The van der Waals surface area contributed by atoms with Crippen molar-refractivity contribution in [2.75, 3.05) is 4.90 Å². The van der Waals surface area contributed by atoms with E-state index in [1.165, 1.54) is 19.1 Å². The molecule has 2 amide bonds. The molecule has 1 aromatic rings. The standard InChI is InChI=1S/C11H7ClN2O4/c1-6-4-10(15)13(11(6)16)9-5-7(14(17)18)2-3-8(9)12/h2-5H,1H3. The van der Waals surface area contributed by atoms with Gasteiger partial charge in [0.2, 0.25) is 0 Å². The van der Waals surface area contributed by atoms with E-state index in [1.54, 1.807) is 0 Å². The minimum absolute atomic E-state index is 0.0222. The van der Waals surface area contributed by atoms with Crippen molar-refractivity contribution < 1.29 is 14.5 Å². The molecule has 6 nitrogen and oxygen atoms in total. The van der Waals surface area contributed by atoms with Crippen LogP contribution in [-0.2, 0) is 9.59 Å². The summed E-state index contributed by atoms with van der Waals surface area (Å²) in [6, 6.07) is 3.59. The van der Waals surface area contributed by atoms with Gasteiger partial charge in [-0.15, -0.1) is 0 Å². The van der Waals surface area contributed by atoms with Gasteiger partial charge >= 0.3 is 0 Å². The van der Waals surface area contributed by atoms with Gasteiger partial charge in [-0.3, -0.25) is 19.7 Å². The summed E-state index contributed by atoms with van der Waals surface area (Å²) in [4.78, 5) is 34.3. The molecule has 0 aliphatic carbocycles. The van der Waals surface area contributed by atoms with E-state index < -0.39 is 16.7 Å². The molecule has 0 saturated carbocycles. The van der Waals surface area contributed by atoms with Crippen molar-refractivity contribution in [3.63, 3.8) is 0 Å². The van der Waals surface area contributed by atoms with Gasteiger partial charge in [-0.2, -0.15) is 0 Å². The lowest BCUT2D eigenvalue weighted by Crippen LogP contribution is -2.30. The Morgan fingerprint density at radius 1 is 1.33 bits per heavy atom. The van der Waals surface area contributed by atoms with E-state index in [9.17, 15) is 19.7 Å². The molecule has 0 N–H and O–H groups in total. The fourth-order valence-electron chi connectivity index (χ4n) is 1.60. The Morgan fingerprint density at radius 2 is 2.00 bits per heavy atom. The zero-order valence-electron chi connectivity index (χ0n) is 9.21. The van der Waals surface area contributed by atoms with Crippen LogP contribution < -0.4 is 4.90 Å². The van der Waals surface area contributed by atoms with Crippen LogP contribution in [-0.4, -0.2) is 16.7 Å². The summed E-state index contributed by atoms with van der Waals surface area (Å²) in [7, 11) is 0. The Morgan fingerprint density at radius 3 is 2.50 bits per heavy atom. The second kappa shape index (κ2) is 4.23. The molecular weight excluding hydrogens is 260 g/mol. The Hall–Kier alpha value is -2.21. The van der Waals surface area contributed by atoms with Crippen LogP contribution in [0.4, 0.5) is 11.4 Å². The molecule has 0 radical (unpaired) electrons. The third kappa shape index (κ3) is 1.86. The number of nitro groups is 1. The number of amides is 2. The fraction of sp³-hybridized carbons (Fsp3) is 0.0909. The summed E-state index contributed by atoms with van der Waals surface area (Å²) < 4.78 is 0. The van der Waals surface area contributed by atoms with Gasteiger partial charge in [0.05, 0.1) is 15.6 Å². The average Bonchev–Trinajstić information content (AvgIpc) is 2.54. The normalized spacial score (nSPS) is 15.0. The van der Waals surface area contributed by atoms with Crippen molar-refractivity contribution in [1.29, 1.82) is 0 Å². The maximum Gasteiger partial charge on any atom is 0.271 e. The van der Waals surface area contributed by atoms with Crippen molar-refractivity contribution in [3.8, 4) is 0 Å². The molecule has 1 heterocycles. The summed E-state index contributed by atoms with van der Waals surface area (Å²) >= 11 is 5.87. The number of rotatable bonds is 2. The maximum atomic E-state index is 11.8. The van der Waals surface area contributed by atoms with Crippen LogP contribution in [0.1, 0.15) is 6.92 Å². The Kier molecular flexibility index (Phi) is 2.88. The van der Waals surface area contributed by atoms with Crippen molar-refractivity contribution in [2.45, 2.75) is 6.92 Å². The summed E-state index contributed by atoms with van der Waals surface area (Å²) in [6.07, 6.45) is 1.16. The second-order valence-corrected chi connectivity index (χ2v) is 4.11. The molecule has 0 fully saturated rings. The number of imide groups is 1. The van der Waals surface area contributed by atoms with Crippen LogP contribution >= 0.6 is 11.6 Å². The summed E-state index contributed by atoms with van der Waals surface area (Å²) in [5, 5.41) is 10.8. The highest BCUT2D eigenvalue weighted by molar-refractivity contribution is 6.38. The van der Waals surface area contributed by atoms with Gasteiger partial charge in [0.15, 0.2) is 0 Å². The van der Waals surface area contributed by atoms with Gasteiger partial charge in [0.25, 0.3) is 17.5 Å². The first-order valence-corrected chi connectivity index (χ1v) is 5.30. The van der Waals surface area contributed by atoms with Gasteiger partial charge in [0.1, 0.15) is 0 Å². The number of nitro benzene ring substituents is 1. The monoisotopic (exact) mass is 266 g/mol. The Balaban J connectivity index is 2.52. The lowest BCUT2D eigenvalue weighted by Gasteiger charge is -2.15. The molecule has 0 unspecified atom stereocenters. The topological polar surface area (TPSA) is 80.5 Å². The molecule has 0 saturated heterocycles. The number of carbonyl (C=O) groups is 2. The maximum absolute atomic E-state index is 11.8. The second-order valence-electron chi connectivity index (χ2n) is 3.70. The number of carbonyl (C=O) groups excluding carboxylic acids is 2. The Bertz CT molecular complexity index is 609. The molecule has 18 heavy (non-hydrogen) atoms. The molecule has 1 aliphatic rings. The first-order chi connectivity index (χ1) is 8.41. The van der Waals surface area contributed by atoms with Crippen LogP contribution in [0.5, 0.6) is 0 Å². The third-order valence-corrected chi connectivity index (χ3v) is 2.80. The first-order valence-electron chi connectivity index (χ1n) is 4.92. The number of nitrogens with zero attached hydrogens (tertiary/aromatic N) is 2. The first kappa shape index (κ1) is 12.3. The number of non-ortho nitro benzene ring substituents is 1. The third-order valence-electron chi connectivity index (χ3n) is 2.48. The summed E-state index contributed by atoms with van der Waals surface area (Å²) in [5.41, 5.74) is 0.0519. The fourth-order valence-corrected chi connectivity index (χ4v) is 1.80. The number of anilines is 1. The predicted octanol–water partition coefficient (Wildman–Crippen LogP) is 2.07. The van der Waals surface area contributed by atoms with Gasteiger partial charge in [-0.05, 0) is 13.0 Å². The minimum atomic E-state index is -0.620. The number of halogens is 1. The number of benzene rings is 1. The molecular formula is C11H7ClN2O4. The van der Waals surface area contributed by atoms with E-state index in [0.717, 1.165) is 17.0 Å². The molecule has 0 spiro atoms. The highest BCUT2D eigenvalue weighted by Crippen LogP contribution is 2.32. The largest absolute Gasteiger partial charge is 0.271 e. The summed E-state index contributed by atoms with van der Waals surface area (Å²) in [6.45, 7) is 1.49. The SMILES string of the molecule is CC1=CC(=O)N(c2cc([N+](=O)[O-])ccc2Cl)C1=O. The zero-order chi connectivity index (χ0) is 13.4. The van der Waals surface area contributed by atoms with E-state index in [0.29, 0.717) is 0 Å². The molecule has 7 heteroatoms. The van der Waals surface area contributed by atoms with Crippen molar-refractivity contribution in [1.82, 2.24) is 0 Å². The van der Waals surface area contributed by atoms with Crippen molar-refractivity contribution in [2.24, 2.45) is 0 Å². The molecule has 1 aromatic carbocycles. The molecule has 92 valence electrons. The molecule has 0 bridgehead atoms. The minimum Gasteiger partial charge on any atom is -0.269 e. The zero-order valence-corrected chi connectivity index (χ0v) is 9.97. The highest BCUT2D eigenvalue weighted by atomic mass is 35.5. The summed E-state index contributed by atoms with van der Waals surface area (Å²) in [5.74, 6) is -1.08. The number of hydrogen-bond donors (Lipinski definition) is 0. The van der Waals surface area contributed by atoms with Crippen LogP contribution in [0.2, 0.25) is 5.02 Å². The van der Waals surface area contributed by atoms with Crippen LogP contribution in [0, 0.1) is 10.1 Å². The van der Waals surface area contributed by atoms with E-state index in [-0.39, 0.29) is 22.0 Å². The lowest BCUT2D eigenvalue weighted by atomic mass is 10.2. The van der Waals surface area contributed by atoms with E-state index in [4.69, 9.17) is 11.6 Å². The Labute approximate surface area is 107 Å². The van der Waals surface area contributed by atoms with Crippen LogP contribution in [0.3, 0.4) is 0 Å². The van der Waals surface area contributed by atoms with E-state index >= 15 is 0 Å². The number of hydrogen-bond acceptors (Lipinski definition) is 4. The molecule has 0 atom stereocenters. The van der Waals surface area contributed by atoms with E-state index in [1.807, 2.05) is 0 Å². The smallest absolute Gasteiger partial charge is 0.269 e. The van der Waals surface area contributed by atoms with E-state index in [2.05, 4.69) is 0 Å². The van der Waals surface area contributed by atoms with Crippen molar-refractivity contribution in [3.05, 3.63) is 45.0 Å². The van der Waals surface area contributed by atoms with Gasteiger partial charge in [0, 0.05) is 23.8 Å². The quantitative estimate of drug-likeness (QED) is 0.466.